The molecule has 5 nitrogen and oxygen atoms in total. The fourth-order valence-electron chi connectivity index (χ4n) is 4.53. The molecule has 1 aromatic heterocycles. The number of carbonyl (C=O) groups is 1. The van der Waals surface area contributed by atoms with E-state index in [0.29, 0.717) is 18.9 Å². The highest BCUT2D eigenvalue weighted by atomic mass is 19.1. The lowest BCUT2D eigenvalue weighted by molar-refractivity contribution is -0.121. The average molecular weight is 438 g/mol. The van der Waals surface area contributed by atoms with Gasteiger partial charge in [-0.2, -0.15) is 0 Å². The quantitative estimate of drug-likeness (QED) is 0.525. The molecule has 2 aromatic carbocycles. The van der Waals surface area contributed by atoms with Gasteiger partial charge in [-0.25, -0.2) is 4.39 Å². The molecule has 3 aromatic rings. The van der Waals surface area contributed by atoms with Crippen molar-refractivity contribution in [3.63, 3.8) is 0 Å². The SMILES string of the molecule is COc1ccc2[nH]c(CN3CCC(CCC(=O)NCc4ccc(F)cc4)CC3)c(C)c2c1. The van der Waals surface area contributed by atoms with Gasteiger partial charge in [-0.15, -0.1) is 0 Å². The number of piperidine rings is 1. The number of aromatic nitrogens is 1. The van der Waals surface area contributed by atoms with Gasteiger partial charge in [-0.05, 0) is 86.7 Å². The number of methoxy groups -OCH3 is 1. The zero-order valence-electron chi connectivity index (χ0n) is 18.9. The molecule has 0 radical (unpaired) electrons. The maximum absolute atomic E-state index is 13.0. The van der Waals surface area contributed by atoms with Gasteiger partial charge >= 0.3 is 0 Å². The molecule has 1 aliphatic heterocycles. The Morgan fingerprint density at radius 3 is 2.66 bits per heavy atom. The van der Waals surface area contributed by atoms with Gasteiger partial charge in [0.05, 0.1) is 7.11 Å². The Labute approximate surface area is 189 Å². The van der Waals surface area contributed by atoms with Crippen LogP contribution in [-0.2, 0) is 17.9 Å². The van der Waals surface area contributed by atoms with E-state index in [1.165, 1.54) is 28.8 Å². The van der Waals surface area contributed by atoms with E-state index in [1.807, 2.05) is 6.07 Å². The van der Waals surface area contributed by atoms with Crippen LogP contribution in [0.4, 0.5) is 4.39 Å². The minimum absolute atomic E-state index is 0.0703. The predicted molar refractivity (Wildman–Crippen MR) is 125 cm³/mol. The second-order valence-corrected chi connectivity index (χ2v) is 8.80. The largest absolute Gasteiger partial charge is 0.497 e. The molecule has 2 heterocycles. The minimum atomic E-state index is -0.258. The van der Waals surface area contributed by atoms with Crippen LogP contribution in [-0.4, -0.2) is 36.0 Å². The third kappa shape index (κ3) is 5.49. The van der Waals surface area contributed by atoms with Crippen molar-refractivity contribution in [3.8, 4) is 5.75 Å². The summed E-state index contributed by atoms with van der Waals surface area (Å²) in [5.41, 5.74) is 4.63. The highest BCUT2D eigenvalue weighted by Gasteiger charge is 2.21. The summed E-state index contributed by atoms with van der Waals surface area (Å²) < 4.78 is 18.3. The van der Waals surface area contributed by atoms with Crippen molar-refractivity contribution in [3.05, 3.63) is 65.1 Å². The molecule has 0 unspecified atom stereocenters. The standard InChI is InChI=1S/C26H32FN3O2/c1-18-23-15-22(32-2)8-9-24(23)29-25(18)17-30-13-11-19(12-14-30)5-10-26(31)28-16-20-3-6-21(27)7-4-20/h3-4,6-9,15,19,29H,5,10-14,16-17H2,1-2H3,(H,28,31). The van der Waals surface area contributed by atoms with Crippen LogP contribution in [0, 0.1) is 18.7 Å². The van der Waals surface area contributed by atoms with Crippen LogP contribution in [0.25, 0.3) is 10.9 Å². The Morgan fingerprint density at radius 1 is 1.19 bits per heavy atom. The van der Waals surface area contributed by atoms with E-state index in [2.05, 4.69) is 34.3 Å². The van der Waals surface area contributed by atoms with Crippen LogP contribution < -0.4 is 10.1 Å². The first-order chi connectivity index (χ1) is 15.5. The summed E-state index contributed by atoms with van der Waals surface area (Å²) >= 11 is 0. The second-order valence-electron chi connectivity index (χ2n) is 8.80. The van der Waals surface area contributed by atoms with Crippen molar-refractivity contribution in [2.45, 2.75) is 45.7 Å². The molecule has 1 saturated heterocycles. The van der Waals surface area contributed by atoms with Gasteiger partial charge < -0.3 is 15.0 Å². The highest BCUT2D eigenvalue weighted by molar-refractivity contribution is 5.85. The van der Waals surface area contributed by atoms with Gasteiger partial charge in [0.1, 0.15) is 11.6 Å². The third-order valence-corrected chi connectivity index (χ3v) is 6.64. The normalized spacial score (nSPS) is 15.2. The molecule has 0 atom stereocenters. The van der Waals surface area contributed by atoms with Crippen molar-refractivity contribution in [2.24, 2.45) is 5.92 Å². The molecule has 0 aliphatic carbocycles. The zero-order chi connectivity index (χ0) is 22.5. The number of hydrogen-bond acceptors (Lipinski definition) is 3. The zero-order valence-corrected chi connectivity index (χ0v) is 18.9. The molecule has 1 aliphatic rings. The molecule has 0 spiro atoms. The Hall–Kier alpha value is -2.86. The topological polar surface area (TPSA) is 57.4 Å². The number of benzene rings is 2. The Balaban J connectivity index is 1.20. The van der Waals surface area contributed by atoms with Gasteiger partial charge in [0.2, 0.25) is 5.91 Å². The molecule has 170 valence electrons. The van der Waals surface area contributed by atoms with Crippen LogP contribution in [0.1, 0.15) is 42.5 Å². The number of halogens is 1. The number of aromatic amines is 1. The van der Waals surface area contributed by atoms with Gasteiger partial charge in [-0.1, -0.05) is 12.1 Å². The van der Waals surface area contributed by atoms with Gasteiger partial charge in [0.15, 0.2) is 0 Å². The number of amides is 1. The van der Waals surface area contributed by atoms with Crippen molar-refractivity contribution >= 4 is 16.8 Å². The van der Waals surface area contributed by atoms with Crippen molar-refractivity contribution < 1.29 is 13.9 Å². The van der Waals surface area contributed by atoms with Gasteiger partial charge in [0, 0.05) is 36.1 Å². The fraction of sp³-hybridized carbons (Fsp3) is 0.423. The number of hydrogen-bond donors (Lipinski definition) is 2. The lowest BCUT2D eigenvalue weighted by atomic mass is 9.92. The van der Waals surface area contributed by atoms with Crippen molar-refractivity contribution in [1.29, 1.82) is 0 Å². The fourth-order valence-corrected chi connectivity index (χ4v) is 4.53. The summed E-state index contributed by atoms with van der Waals surface area (Å²) in [6.07, 6.45) is 3.72. The van der Waals surface area contributed by atoms with E-state index in [4.69, 9.17) is 4.74 Å². The Bertz CT molecular complexity index is 1050. The van der Waals surface area contributed by atoms with E-state index in [0.717, 1.165) is 55.7 Å². The molecule has 1 fully saturated rings. The molecular formula is C26H32FN3O2. The molecule has 1 amide bonds. The number of H-pyrrole nitrogens is 1. The third-order valence-electron chi connectivity index (χ3n) is 6.64. The number of nitrogens with one attached hydrogen (secondary N) is 2. The van der Waals surface area contributed by atoms with Crippen LogP contribution in [0.2, 0.25) is 0 Å². The monoisotopic (exact) mass is 437 g/mol. The first-order valence-electron chi connectivity index (χ1n) is 11.4. The Kier molecular flexibility index (Phi) is 7.10. The number of rotatable bonds is 8. The maximum atomic E-state index is 13.0. The van der Waals surface area contributed by atoms with E-state index >= 15 is 0 Å². The maximum Gasteiger partial charge on any atom is 0.220 e. The smallest absolute Gasteiger partial charge is 0.220 e. The lowest BCUT2D eigenvalue weighted by Crippen LogP contribution is -2.34. The first-order valence-corrected chi connectivity index (χ1v) is 11.4. The number of nitrogens with zero attached hydrogens (tertiary/aromatic N) is 1. The molecule has 6 heteroatoms. The number of carbonyl (C=O) groups excluding carboxylic acids is 1. The minimum Gasteiger partial charge on any atom is -0.497 e. The van der Waals surface area contributed by atoms with E-state index in [-0.39, 0.29) is 11.7 Å². The predicted octanol–water partition coefficient (Wildman–Crippen LogP) is 4.93. The van der Waals surface area contributed by atoms with Crippen LogP contribution >= 0.6 is 0 Å². The van der Waals surface area contributed by atoms with Gasteiger partial charge in [0.25, 0.3) is 0 Å². The number of fused-ring (bicyclic) bond motifs is 1. The average Bonchev–Trinajstić information content (AvgIpc) is 3.12. The second kappa shape index (κ2) is 10.2. The molecule has 0 bridgehead atoms. The summed E-state index contributed by atoms with van der Waals surface area (Å²) in [6, 6.07) is 12.4. The molecule has 4 rings (SSSR count). The molecule has 32 heavy (non-hydrogen) atoms. The molecule has 0 saturated carbocycles. The summed E-state index contributed by atoms with van der Waals surface area (Å²) in [7, 11) is 1.70. The number of ether oxygens (including phenoxy) is 1. The van der Waals surface area contributed by atoms with E-state index in [9.17, 15) is 9.18 Å². The summed E-state index contributed by atoms with van der Waals surface area (Å²) in [4.78, 5) is 18.3. The lowest BCUT2D eigenvalue weighted by Gasteiger charge is -2.31. The first kappa shape index (κ1) is 22.3. The van der Waals surface area contributed by atoms with Crippen LogP contribution in [0.5, 0.6) is 5.75 Å². The molecular weight excluding hydrogens is 405 g/mol. The highest BCUT2D eigenvalue weighted by Crippen LogP contribution is 2.28. The van der Waals surface area contributed by atoms with E-state index < -0.39 is 0 Å². The molecule has 2 N–H and O–H groups in total. The van der Waals surface area contributed by atoms with Crippen molar-refractivity contribution in [1.82, 2.24) is 15.2 Å². The van der Waals surface area contributed by atoms with Crippen LogP contribution in [0.15, 0.2) is 42.5 Å². The van der Waals surface area contributed by atoms with Crippen LogP contribution in [0.3, 0.4) is 0 Å². The summed E-state index contributed by atoms with van der Waals surface area (Å²) in [5.74, 6) is 1.29. The summed E-state index contributed by atoms with van der Waals surface area (Å²) in [6.45, 7) is 5.66. The summed E-state index contributed by atoms with van der Waals surface area (Å²) in [5, 5.41) is 4.16. The van der Waals surface area contributed by atoms with Gasteiger partial charge in [-0.3, -0.25) is 9.69 Å². The van der Waals surface area contributed by atoms with Crippen molar-refractivity contribution in [2.75, 3.05) is 20.2 Å². The Morgan fingerprint density at radius 2 is 1.94 bits per heavy atom. The number of aryl methyl sites for hydroxylation is 1. The number of likely N-dealkylation sites (tertiary alicyclic amines) is 1. The van der Waals surface area contributed by atoms with E-state index in [1.54, 1.807) is 19.2 Å².